The first kappa shape index (κ1) is 21.4. The van der Waals surface area contributed by atoms with E-state index in [2.05, 4.69) is 31.4 Å². The molecule has 0 spiro atoms. The van der Waals surface area contributed by atoms with Gasteiger partial charge in [-0.15, -0.1) is 11.3 Å². The number of anilines is 2. The first-order valence-electron chi connectivity index (χ1n) is 10.2. The van der Waals surface area contributed by atoms with Crippen molar-refractivity contribution in [2.24, 2.45) is 11.3 Å². The fourth-order valence-corrected chi connectivity index (χ4v) is 5.18. The number of hydrogen-bond donors (Lipinski definition) is 2. The third kappa shape index (κ3) is 4.99. The molecule has 0 radical (unpaired) electrons. The van der Waals surface area contributed by atoms with Gasteiger partial charge in [0.25, 0.3) is 5.91 Å². The predicted octanol–water partition coefficient (Wildman–Crippen LogP) is 5.51. The minimum absolute atomic E-state index is 0.161. The van der Waals surface area contributed by atoms with E-state index in [0.29, 0.717) is 28.8 Å². The zero-order valence-corrected chi connectivity index (χ0v) is 18.7. The predicted molar refractivity (Wildman–Crippen MR) is 119 cm³/mol. The molecular weight excluding hydrogens is 384 g/mol. The van der Waals surface area contributed by atoms with Crippen molar-refractivity contribution in [3.8, 4) is 5.75 Å². The summed E-state index contributed by atoms with van der Waals surface area (Å²) in [5, 5.41) is 6.51. The number of carbonyl (C=O) groups is 2. The van der Waals surface area contributed by atoms with Gasteiger partial charge in [0.15, 0.2) is 0 Å². The Morgan fingerprint density at radius 3 is 2.45 bits per heavy atom. The maximum Gasteiger partial charge on any atom is 0.258 e. The Labute approximate surface area is 176 Å². The number of carbonyl (C=O) groups excluding carboxylic acids is 2. The molecule has 1 heterocycles. The van der Waals surface area contributed by atoms with Crippen LogP contribution in [0.25, 0.3) is 0 Å². The van der Waals surface area contributed by atoms with Crippen molar-refractivity contribution in [2.75, 3.05) is 17.2 Å². The number of rotatable bonds is 5. The van der Waals surface area contributed by atoms with Gasteiger partial charge in [-0.1, -0.05) is 20.8 Å². The lowest BCUT2D eigenvalue weighted by Gasteiger charge is -2.33. The van der Waals surface area contributed by atoms with Crippen LogP contribution in [0, 0.1) is 11.3 Å². The second kappa shape index (κ2) is 8.57. The minimum Gasteiger partial charge on any atom is -0.494 e. The molecule has 2 aromatic rings. The molecule has 29 heavy (non-hydrogen) atoms. The summed E-state index contributed by atoms with van der Waals surface area (Å²) in [6, 6.07) is 7.33. The van der Waals surface area contributed by atoms with Crippen molar-refractivity contribution in [3.63, 3.8) is 0 Å². The van der Waals surface area contributed by atoms with Crippen molar-refractivity contribution in [2.45, 2.75) is 53.9 Å². The highest BCUT2D eigenvalue weighted by Crippen LogP contribution is 2.44. The van der Waals surface area contributed by atoms with Gasteiger partial charge in [0.05, 0.1) is 12.2 Å². The molecule has 0 saturated heterocycles. The zero-order chi connectivity index (χ0) is 21.2. The number of nitrogens with one attached hydrogen (secondary N) is 2. The summed E-state index contributed by atoms with van der Waals surface area (Å²) in [6.07, 6.45) is 2.86. The smallest absolute Gasteiger partial charge is 0.258 e. The summed E-state index contributed by atoms with van der Waals surface area (Å²) in [5.74, 6) is 1.00. The average molecular weight is 415 g/mol. The van der Waals surface area contributed by atoms with Crippen LogP contribution in [-0.2, 0) is 17.6 Å². The molecule has 5 nitrogen and oxygen atoms in total. The highest BCUT2D eigenvalue weighted by Gasteiger charge is 2.34. The van der Waals surface area contributed by atoms with E-state index in [-0.39, 0.29) is 17.2 Å². The van der Waals surface area contributed by atoms with Gasteiger partial charge in [0, 0.05) is 17.5 Å². The summed E-state index contributed by atoms with van der Waals surface area (Å²) in [4.78, 5) is 26.1. The van der Waals surface area contributed by atoms with E-state index in [4.69, 9.17) is 4.74 Å². The Bertz CT molecular complexity index is 894. The van der Waals surface area contributed by atoms with E-state index in [1.807, 2.05) is 31.2 Å². The fourth-order valence-electron chi connectivity index (χ4n) is 3.81. The monoisotopic (exact) mass is 414 g/mol. The van der Waals surface area contributed by atoms with E-state index < -0.39 is 0 Å². The lowest BCUT2D eigenvalue weighted by Crippen LogP contribution is -2.27. The molecule has 1 aromatic heterocycles. The molecule has 6 heteroatoms. The van der Waals surface area contributed by atoms with Crippen LogP contribution in [0.1, 0.15) is 61.8 Å². The van der Waals surface area contributed by atoms with E-state index in [9.17, 15) is 9.59 Å². The quantitative estimate of drug-likeness (QED) is 0.678. The van der Waals surface area contributed by atoms with Crippen LogP contribution in [0.4, 0.5) is 10.7 Å². The maximum absolute atomic E-state index is 13.2. The number of amides is 2. The number of hydrogen-bond acceptors (Lipinski definition) is 4. The zero-order valence-electron chi connectivity index (χ0n) is 17.8. The molecule has 3 rings (SSSR count). The van der Waals surface area contributed by atoms with Gasteiger partial charge < -0.3 is 15.4 Å². The largest absolute Gasteiger partial charge is 0.494 e. The molecule has 0 saturated carbocycles. The SMILES string of the molecule is CCOc1ccc(NC(=O)c2c(NC(C)=O)sc3c2CC[C@@H](C(C)(C)C)C3)cc1. The van der Waals surface area contributed by atoms with Gasteiger partial charge in [0.2, 0.25) is 5.91 Å². The van der Waals surface area contributed by atoms with Crippen LogP contribution >= 0.6 is 11.3 Å². The highest BCUT2D eigenvalue weighted by atomic mass is 32.1. The van der Waals surface area contributed by atoms with Gasteiger partial charge >= 0.3 is 0 Å². The Morgan fingerprint density at radius 1 is 1.17 bits per heavy atom. The third-order valence-electron chi connectivity index (χ3n) is 5.43. The van der Waals surface area contributed by atoms with Crippen molar-refractivity contribution in [3.05, 3.63) is 40.3 Å². The fraction of sp³-hybridized carbons (Fsp3) is 0.478. The summed E-state index contributed by atoms with van der Waals surface area (Å²) in [6.45, 7) is 10.8. The maximum atomic E-state index is 13.2. The normalized spacial score (nSPS) is 16.1. The van der Waals surface area contributed by atoms with Crippen LogP contribution in [0.2, 0.25) is 0 Å². The van der Waals surface area contributed by atoms with E-state index in [0.717, 1.165) is 30.6 Å². The molecule has 2 N–H and O–H groups in total. The molecule has 0 unspecified atom stereocenters. The summed E-state index contributed by atoms with van der Waals surface area (Å²) >= 11 is 1.55. The summed E-state index contributed by atoms with van der Waals surface area (Å²) in [5.41, 5.74) is 2.63. The number of benzene rings is 1. The molecule has 1 aliphatic rings. The van der Waals surface area contributed by atoms with Gasteiger partial charge in [-0.3, -0.25) is 9.59 Å². The molecule has 156 valence electrons. The number of thiophene rings is 1. The lowest BCUT2D eigenvalue weighted by molar-refractivity contribution is -0.114. The van der Waals surface area contributed by atoms with E-state index in [1.54, 1.807) is 11.3 Å². The summed E-state index contributed by atoms with van der Waals surface area (Å²) < 4.78 is 5.45. The number of fused-ring (bicyclic) bond motifs is 1. The lowest BCUT2D eigenvalue weighted by atomic mass is 9.72. The second-order valence-electron chi connectivity index (χ2n) is 8.61. The first-order valence-corrected chi connectivity index (χ1v) is 11.0. The van der Waals surface area contributed by atoms with Crippen molar-refractivity contribution in [1.29, 1.82) is 0 Å². The summed E-state index contributed by atoms with van der Waals surface area (Å²) in [7, 11) is 0. The van der Waals surface area contributed by atoms with Crippen molar-refractivity contribution >= 4 is 33.8 Å². The van der Waals surface area contributed by atoms with Gasteiger partial charge in [-0.25, -0.2) is 0 Å². The first-order chi connectivity index (χ1) is 13.7. The molecule has 1 aliphatic carbocycles. The van der Waals surface area contributed by atoms with Crippen molar-refractivity contribution < 1.29 is 14.3 Å². The van der Waals surface area contributed by atoms with Crippen LogP contribution < -0.4 is 15.4 Å². The van der Waals surface area contributed by atoms with E-state index in [1.165, 1.54) is 11.8 Å². The van der Waals surface area contributed by atoms with Gasteiger partial charge in [-0.2, -0.15) is 0 Å². The second-order valence-corrected chi connectivity index (χ2v) is 9.71. The molecule has 1 atom stereocenters. The Balaban J connectivity index is 1.88. The average Bonchev–Trinajstić information content (AvgIpc) is 2.99. The molecule has 0 fully saturated rings. The Hall–Kier alpha value is -2.34. The van der Waals surface area contributed by atoms with Crippen LogP contribution in [0.15, 0.2) is 24.3 Å². The highest BCUT2D eigenvalue weighted by molar-refractivity contribution is 7.17. The topological polar surface area (TPSA) is 67.4 Å². The molecule has 1 aromatic carbocycles. The van der Waals surface area contributed by atoms with E-state index >= 15 is 0 Å². The van der Waals surface area contributed by atoms with Crippen LogP contribution in [0.5, 0.6) is 5.75 Å². The standard InChI is InChI=1S/C23H30N2O3S/c1-6-28-17-10-8-16(9-11-17)25-21(27)20-18-12-7-15(23(3,4)5)13-19(18)29-22(20)24-14(2)26/h8-11,15H,6-7,12-13H2,1-5H3,(H,24,26)(H,25,27)/t15-/m1/s1. The Kier molecular flexibility index (Phi) is 6.32. The van der Waals surface area contributed by atoms with Crippen LogP contribution in [0.3, 0.4) is 0 Å². The van der Waals surface area contributed by atoms with Gasteiger partial charge in [0.1, 0.15) is 10.8 Å². The van der Waals surface area contributed by atoms with Crippen molar-refractivity contribution in [1.82, 2.24) is 0 Å². The molecule has 0 aliphatic heterocycles. The molecule has 2 amide bonds. The minimum atomic E-state index is -0.176. The molecular formula is C23H30N2O3S. The Morgan fingerprint density at radius 2 is 1.86 bits per heavy atom. The van der Waals surface area contributed by atoms with Crippen LogP contribution in [-0.4, -0.2) is 18.4 Å². The number of ether oxygens (including phenoxy) is 1. The van der Waals surface area contributed by atoms with Gasteiger partial charge in [-0.05, 0) is 67.3 Å². The third-order valence-corrected chi connectivity index (χ3v) is 6.60. The molecule has 0 bridgehead atoms.